The van der Waals surface area contributed by atoms with Gasteiger partial charge in [-0.25, -0.2) is 9.86 Å². The molecule has 8 heteroatoms. The lowest BCUT2D eigenvalue weighted by atomic mass is 10.1. The first-order valence-electron chi connectivity index (χ1n) is 6.74. The van der Waals surface area contributed by atoms with Crippen LogP contribution in [0.25, 0.3) is 0 Å². The van der Waals surface area contributed by atoms with E-state index >= 15 is 0 Å². The molecule has 2 aromatic rings. The summed E-state index contributed by atoms with van der Waals surface area (Å²) >= 11 is 4.46. The van der Waals surface area contributed by atoms with Crippen molar-refractivity contribution in [3.63, 3.8) is 0 Å². The average Bonchev–Trinajstić information content (AvgIpc) is 2.97. The van der Waals surface area contributed by atoms with Crippen LogP contribution in [0.4, 0.5) is 4.79 Å². The Bertz CT molecular complexity index is 677. The van der Waals surface area contributed by atoms with E-state index in [4.69, 9.17) is 5.11 Å². The van der Waals surface area contributed by atoms with Crippen molar-refractivity contribution < 1.29 is 19.9 Å². The van der Waals surface area contributed by atoms with E-state index in [1.165, 1.54) is 11.3 Å². The van der Waals surface area contributed by atoms with Crippen molar-refractivity contribution in [2.24, 2.45) is 0 Å². The van der Waals surface area contributed by atoms with Crippen molar-refractivity contribution in [1.82, 2.24) is 10.4 Å². The van der Waals surface area contributed by atoms with E-state index in [0.29, 0.717) is 16.4 Å². The van der Waals surface area contributed by atoms with E-state index in [0.717, 1.165) is 10.0 Å². The number of hydroxylamine groups is 2. The first-order valence-corrected chi connectivity index (χ1v) is 8.42. The number of benzene rings is 1. The van der Waals surface area contributed by atoms with Crippen LogP contribution in [0.2, 0.25) is 0 Å². The third-order valence-electron chi connectivity index (χ3n) is 3.14. The second-order valence-corrected chi connectivity index (χ2v) is 6.64. The molecule has 3 N–H and O–H groups in total. The molecule has 0 aliphatic carbocycles. The second-order valence-electron chi connectivity index (χ2n) is 4.81. The van der Waals surface area contributed by atoms with Crippen molar-refractivity contribution in [2.45, 2.75) is 12.5 Å². The van der Waals surface area contributed by atoms with Crippen LogP contribution in [0.3, 0.4) is 0 Å². The fourth-order valence-corrected chi connectivity index (χ4v) is 3.40. The summed E-state index contributed by atoms with van der Waals surface area (Å²) in [4.78, 5) is 23.4. The number of carboxylic acid groups (broad SMARTS) is 1. The van der Waals surface area contributed by atoms with Crippen molar-refractivity contribution in [2.75, 3.05) is 6.54 Å². The van der Waals surface area contributed by atoms with Crippen molar-refractivity contribution in [3.8, 4) is 0 Å². The van der Waals surface area contributed by atoms with Gasteiger partial charge in [0, 0.05) is 16.4 Å². The summed E-state index contributed by atoms with van der Waals surface area (Å²) in [5.41, 5.74) is 0.892. The molecule has 1 aromatic heterocycles. The SMILES string of the molecule is O=C(O)NCC(Cc1ccccc1)N(O)C(=O)c1cc(Br)cs1. The van der Waals surface area contributed by atoms with Crippen LogP contribution in [-0.4, -0.2) is 40.0 Å². The summed E-state index contributed by atoms with van der Waals surface area (Å²) in [5.74, 6) is -0.561. The minimum Gasteiger partial charge on any atom is -0.465 e. The van der Waals surface area contributed by atoms with Crippen LogP contribution in [0.15, 0.2) is 46.3 Å². The molecule has 1 unspecified atom stereocenters. The fraction of sp³-hybridized carbons (Fsp3) is 0.200. The molecule has 0 saturated carbocycles. The first-order chi connectivity index (χ1) is 11.0. The predicted octanol–water partition coefficient (Wildman–Crippen LogP) is 3.22. The number of nitrogens with zero attached hydrogens (tertiary/aromatic N) is 1. The normalized spacial score (nSPS) is 11.7. The summed E-state index contributed by atoms with van der Waals surface area (Å²) in [6.45, 7) is -0.0704. The lowest BCUT2D eigenvalue weighted by Crippen LogP contribution is -2.46. The van der Waals surface area contributed by atoms with Gasteiger partial charge in [0.2, 0.25) is 0 Å². The molecule has 1 aromatic carbocycles. The number of nitrogens with one attached hydrogen (secondary N) is 1. The van der Waals surface area contributed by atoms with Gasteiger partial charge < -0.3 is 10.4 Å². The van der Waals surface area contributed by atoms with Crippen LogP contribution < -0.4 is 5.32 Å². The summed E-state index contributed by atoms with van der Waals surface area (Å²) in [6, 6.07) is 10.2. The number of carbonyl (C=O) groups excluding carboxylic acids is 1. The van der Waals surface area contributed by atoms with Gasteiger partial charge in [-0.3, -0.25) is 10.0 Å². The first kappa shape index (κ1) is 17.5. The van der Waals surface area contributed by atoms with Gasteiger partial charge in [0.25, 0.3) is 5.91 Å². The maximum atomic E-state index is 12.3. The highest BCUT2D eigenvalue weighted by atomic mass is 79.9. The Morgan fingerprint density at radius 3 is 2.57 bits per heavy atom. The third-order valence-corrected chi connectivity index (χ3v) is 4.81. The standard InChI is InChI=1S/C15H15BrN2O4S/c16-11-7-13(23-9-11)14(19)18(22)12(8-17-15(20)21)6-10-4-2-1-3-5-10/h1-5,7,9,12,17,22H,6,8H2,(H,20,21). The molecule has 0 fully saturated rings. The summed E-state index contributed by atoms with van der Waals surface area (Å²) in [5, 5.41) is 23.6. The van der Waals surface area contributed by atoms with Gasteiger partial charge in [-0.15, -0.1) is 11.3 Å². The van der Waals surface area contributed by atoms with Crippen LogP contribution >= 0.6 is 27.3 Å². The molecule has 2 amide bonds. The Labute approximate surface area is 145 Å². The third kappa shape index (κ3) is 5.05. The van der Waals surface area contributed by atoms with Gasteiger partial charge in [0.15, 0.2) is 0 Å². The monoisotopic (exact) mass is 398 g/mol. The number of halogens is 1. The number of amides is 2. The number of hydrogen-bond acceptors (Lipinski definition) is 4. The summed E-state index contributed by atoms with van der Waals surface area (Å²) in [7, 11) is 0. The smallest absolute Gasteiger partial charge is 0.404 e. The predicted molar refractivity (Wildman–Crippen MR) is 89.9 cm³/mol. The molecule has 6 nitrogen and oxygen atoms in total. The highest BCUT2D eigenvalue weighted by Gasteiger charge is 2.25. The van der Waals surface area contributed by atoms with E-state index in [1.54, 1.807) is 11.4 Å². The number of thiophene rings is 1. The topological polar surface area (TPSA) is 89.9 Å². The fourth-order valence-electron chi connectivity index (χ4n) is 2.04. The van der Waals surface area contributed by atoms with Crippen LogP contribution in [-0.2, 0) is 6.42 Å². The minimum atomic E-state index is -1.21. The highest BCUT2D eigenvalue weighted by molar-refractivity contribution is 9.10. The maximum Gasteiger partial charge on any atom is 0.404 e. The molecule has 0 saturated heterocycles. The Morgan fingerprint density at radius 2 is 2.00 bits per heavy atom. The number of hydrogen-bond donors (Lipinski definition) is 3. The lowest BCUT2D eigenvalue weighted by Gasteiger charge is -2.25. The molecule has 23 heavy (non-hydrogen) atoms. The Kier molecular flexibility index (Phi) is 6.14. The molecule has 0 spiro atoms. The van der Waals surface area contributed by atoms with Crippen LogP contribution in [0, 0.1) is 0 Å². The van der Waals surface area contributed by atoms with E-state index < -0.39 is 18.0 Å². The van der Waals surface area contributed by atoms with Crippen molar-refractivity contribution in [3.05, 3.63) is 56.7 Å². The highest BCUT2D eigenvalue weighted by Crippen LogP contribution is 2.22. The Morgan fingerprint density at radius 1 is 1.30 bits per heavy atom. The largest absolute Gasteiger partial charge is 0.465 e. The summed E-state index contributed by atoms with van der Waals surface area (Å²) in [6.07, 6.45) is -0.876. The molecule has 0 aliphatic rings. The Hall–Kier alpha value is -1.90. The molecule has 1 heterocycles. The van der Waals surface area contributed by atoms with Gasteiger partial charge in [0.1, 0.15) is 0 Å². The second kappa shape index (κ2) is 8.09. The minimum absolute atomic E-state index is 0.0704. The zero-order valence-corrected chi connectivity index (χ0v) is 14.4. The van der Waals surface area contributed by atoms with Crippen LogP contribution in [0.1, 0.15) is 15.2 Å². The molecule has 2 rings (SSSR count). The number of rotatable bonds is 6. The van der Waals surface area contributed by atoms with Crippen molar-refractivity contribution >= 4 is 39.3 Å². The molecule has 1 atom stereocenters. The molecular formula is C15H15BrN2O4S. The van der Waals surface area contributed by atoms with E-state index in [1.807, 2.05) is 30.3 Å². The molecule has 122 valence electrons. The van der Waals surface area contributed by atoms with Crippen LogP contribution in [0.5, 0.6) is 0 Å². The zero-order valence-electron chi connectivity index (χ0n) is 12.0. The van der Waals surface area contributed by atoms with E-state index in [9.17, 15) is 14.8 Å². The van der Waals surface area contributed by atoms with Gasteiger partial charge in [-0.1, -0.05) is 30.3 Å². The van der Waals surface area contributed by atoms with E-state index in [2.05, 4.69) is 21.2 Å². The quantitative estimate of drug-likeness (QED) is 0.514. The van der Waals surface area contributed by atoms with Gasteiger partial charge in [0.05, 0.1) is 10.9 Å². The zero-order chi connectivity index (χ0) is 16.8. The van der Waals surface area contributed by atoms with Gasteiger partial charge in [-0.05, 0) is 34.0 Å². The van der Waals surface area contributed by atoms with E-state index in [-0.39, 0.29) is 6.54 Å². The molecular weight excluding hydrogens is 384 g/mol. The Balaban J connectivity index is 2.14. The van der Waals surface area contributed by atoms with Gasteiger partial charge in [-0.2, -0.15) is 0 Å². The molecule has 0 radical (unpaired) electrons. The maximum absolute atomic E-state index is 12.3. The average molecular weight is 399 g/mol. The molecule has 0 bridgehead atoms. The van der Waals surface area contributed by atoms with Crippen molar-refractivity contribution in [1.29, 1.82) is 0 Å². The lowest BCUT2D eigenvalue weighted by molar-refractivity contribution is -0.0870. The molecule has 0 aliphatic heterocycles. The van der Waals surface area contributed by atoms with Gasteiger partial charge >= 0.3 is 6.09 Å². The number of carbonyl (C=O) groups is 2. The summed E-state index contributed by atoms with van der Waals surface area (Å²) < 4.78 is 0.752.